The topological polar surface area (TPSA) is 358 Å². The van der Waals surface area contributed by atoms with Gasteiger partial charge in [-0.15, -0.1) is 22.7 Å². The van der Waals surface area contributed by atoms with E-state index in [1.165, 1.54) is 94.4 Å². The van der Waals surface area contributed by atoms with Crippen molar-refractivity contribution in [3.63, 3.8) is 0 Å². The Morgan fingerprint density at radius 1 is 0.339 bits per heavy atom. The predicted molar refractivity (Wildman–Crippen MR) is 479 cm³/mol. The fraction of sp³-hybridized carbons (Fsp3) is 0.244. The molecule has 4 aliphatic carbocycles. The number of pyridine rings is 2. The van der Waals surface area contributed by atoms with Crippen molar-refractivity contribution in [2.75, 3.05) is 26.6 Å². The van der Waals surface area contributed by atoms with E-state index < -0.39 is 88.4 Å². The van der Waals surface area contributed by atoms with E-state index >= 15 is 0 Å². The molecule has 4 fully saturated rings. The van der Waals surface area contributed by atoms with E-state index in [4.69, 9.17) is 116 Å². The summed E-state index contributed by atoms with van der Waals surface area (Å²) in [5, 5.41) is 73.3. The van der Waals surface area contributed by atoms with E-state index in [0.29, 0.717) is 44.6 Å². The molecule has 4 aromatic heterocycles. The Morgan fingerprint density at radius 3 is 1.09 bits per heavy atom. The van der Waals surface area contributed by atoms with Gasteiger partial charge < -0.3 is 52.1 Å². The summed E-state index contributed by atoms with van der Waals surface area (Å²) in [5.41, 5.74) is -3.93. The minimum absolute atomic E-state index is 0.134. The molecule has 5 atom stereocenters. The molecule has 34 heteroatoms. The smallest absolute Gasteiger partial charge is 0.261 e. The van der Waals surface area contributed by atoms with Gasteiger partial charge in [0.2, 0.25) is 0 Å². The molecular weight excluding hydrogens is 1840 g/mol. The zero-order valence-corrected chi connectivity index (χ0v) is 73.6. The first-order valence-corrected chi connectivity index (χ1v) is 44.3. The third-order valence-electron chi connectivity index (χ3n) is 22.9. The van der Waals surface area contributed by atoms with Crippen LogP contribution in [0.15, 0.2) is 163 Å². The summed E-state index contributed by atoms with van der Waals surface area (Å²) in [6.45, 7) is 0. The monoisotopic (exact) mass is 1900 g/mol. The van der Waals surface area contributed by atoms with Crippen LogP contribution in [-0.4, -0.2) is 94.0 Å². The number of carbonyl (C=O) groups excluding carboxylic acids is 10. The van der Waals surface area contributed by atoms with Gasteiger partial charge in [0.05, 0.1) is 95.4 Å². The molecule has 124 heavy (non-hydrogen) atoms. The van der Waals surface area contributed by atoms with Crippen LogP contribution in [0.4, 0.5) is 28.4 Å². The molecule has 10 N–H and O–H groups in total. The molecule has 634 valence electrons. The van der Waals surface area contributed by atoms with Gasteiger partial charge in [-0.05, 0) is 200 Å². The molecule has 9 aliphatic rings. The van der Waals surface area contributed by atoms with Gasteiger partial charge in [0, 0.05) is 92.9 Å². The van der Waals surface area contributed by atoms with Crippen LogP contribution in [0.25, 0.3) is 10.8 Å². The number of aromatic nitrogens is 2. The number of aliphatic hydroxyl groups is 5. The first kappa shape index (κ1) is 88.3. The summed E-state index contributed by atoms with van der Waals surface area (Å²) in [6, 6.07) is 40.6. The van der Waals surface area contributed by atoms with Crippen LogP contribution in [0.1, 0.15) is 207 Å². The number of rotatable bonds is 19. The van der Waals surface area contributed by atoms with Gasteiger partial charge in [-0.25, -0.2) is 0 Å². The van der Waals surface area contributed by atoms with Crippen molar-refractivity contribution in [2.45, 2.75) is 135 Å². The standard InChI is InChI=1S/C20H13Cl2NO3.2C18H14Cl2N2O3.2C17H13Cl2NO3S/c21-14-7-8-15(22)18-17(14)20(26,19(25)23-18)10-16(24)13-6-5-11-3-1-2-4-12(11)9-13;19-11-4-5-12(20)16-15(11)18(25,17(24)22-16)7-14(23)10-3-6-13(21-8-10)9-1-2-9;19-11-4-5-12(20)16-15(11)18(25,17(24)22-16)7-14(23)13-6-3-10(8-21-13)9-1-2-9;18-10-3-4-11(19)15-14(10)17(23,16(22)20-15)6-12(21)13-5-9(7-24-13)8-1-2-8;18-9-3-4-10(19)15-14(9)17(23,16(22)20-15)7-11(21)13-6-5-12(24-13)8-1-2-8/h1-9,26H,10H2,(H,23,25);2*3-6,8-9,25H,1-2,7H2,(H,22,24);3-5,7-8,23H,1-2,6H2,(H,20,22);3-6,8,23H,1-2,7H2,(H,20,22). The molecule has 5 aliphatic heterocycles. The minimum atomic E-state index is -2.06. The highest BCUT2D eigenvalue weighted by molar-refractivity contribution is 7.14. The highest BCUT2D eigenvalue weighted by atomic mass is 35.5. The molecule has 11 aromatic rings. The summed E-state index contributed by atoms with van der Waals surface area (Å²) in [4.78, 5) is 136. The summed E-state index contributed by atoms with van der Waals surface area (Å²) >= 11 is 63.9. The normalized spacial score (nSPS) is 21.4. The molecule has 20 rings (SSSR count). The summed E-state index contributed by atoms with van der Waals surface area (Å²) < 4.78 is 0. The molecule has 7 aromatic carbocycles. The van der Waals surface area contributed by atoms with Gasteiger partial charge in [-0.1, -0.05) is 158 Å². The van der Waals surface area contributed by atoms with E-state index in [0.717, 1.165) is 79.0 Å². The maximum Gasteiger partial charge on any atom is 0.261 e. The van der Waals surface area contributed by atoms with Crippen LogP contribution >= 0.6 is 139 Å². The molecule has 0 bridgehead atoms. The van der Waals surface area contributed by atoms with Crippen molar-refractivity contribution >= 4 is 236 Å². The van der Waals surface area contributed by atoms with Crippen LogP contribution in [0.2, 0.25) is 50.2 Å². The number of halogens is 10. The molecule has 0 saturated heterocycles. The number of nitrogens with zero attached hydrogens (tertiary/aromatic N) is 2. The first-order valence-electron chi connectivity index (χ1n) is 38.9. The highest BCUT2D eigenvalue weighted by Crippen LogP contribution is 2.54. The van der Waals surface area contributed by atoms with Crippen molar-refractivity contribution < 1.29 is 73.5 Å². The van der Waals surface area contributed by atoms with E-state index in [2.05, 4.69) is 36.6 Å². The van der Waals surface area contributed by atoms with E-state index in [1.807, 2.05) is 60.0 Å². The summed E-state index contributed by atoms with van der Waals surface area (Å²) in [6.07, 6.45) is 10.3. The van der Waals surface area contributed by atoms with Crippen molar-refractivity contribution in [1.82, 2.24) is 9.97 Å². The minimum Gasteiger partial charge on any atom is -0.375 e. The second kappa shape index (κ2) is 34.6. The number of Topliss-reactive ketones (excluding diaryl/α,β-unsaturated/α-hetero) is 5. The third-order valence-corrected chi connectivity index (χ3v) is 28.3. The van der Waals surface area contributed by atoms with E-state index in [-0.39, 0.29) is 142 Å². The lowest BCUT2D eigenvalue weighted by atomic mass is 9.87. The number of ketones is 5. The van der Waals surface area contributed by atoms with Crippen LogP contribution in [-0.2, 0) is 52.0 Å². The maximum atomic E-state index is 12.8. The van der Waals surface area contributed by atoms with Crippen LogP contribution < -0.4 is 26.6 Å². The van der Waals surface area contributed by atoms with Gasteiger partial charge in [-0.2, -0.15) is 0 Å². The quantitative estimate of drug-likeness (QED) is 0.0336. The number of carbonyl (C=O) groups is 10. The molecule has 5 unspecified atom stereocenters. The Morgan fingerprint density at radius 2 is 0.702 bits per heavy atom. The number of fused-ring (bicyclic) bond motifs is 6. The first-order chi connectivity index (χ1) is 59.0. The van der Waals surface area contributed by atoms with Crippen LogP contribution in [0.3, 0.4) is 0 Å². The Bertz CT molecular complexity index is 6090. The molecule has 0 radical (unpaired) electrons. The Balaban J connectivity index is 0.000000115. The molecule has 5 amide bonds. The number of anilines is 5. The molecule has 22 nitrogen and oxygen atoms in total. The van der Waals surface area contributed by atoms with Gasteiger partial charge in [0.1, 0.15) is 5.69 Å². The highest BCUT2D eigenvalue weighted by Gasteiger charge is 2.55. The van der Waals surface area contributed by atoms with Gasteiger partial charge in [-0.3, -0.25) is 57.9 Å². The number of nitrogens with one attached hydrogen (secondary N) is 5. The van der Waals surface area contributed by atoms with Crippen molar-refractivity contribution in [1.29, 1.82) is 0 Å². The van der Waals surface area contributed by atoms with Gasteiger partial charge in [0.25, 0.3) is 29.5 Å². The number of thiophene rings is 2. The average molecular weight is 1910 g/mol. The number of amides is 5. The molecule has 9 heterocycles. The zero-order chi connectivity index (χ0) is 88.1. The predicted octanol–water partition coefficient (Wildman–Crippen LogP) is 20.6. The zero-order valence-electron chi connectivity index (χ0n) is 64.4. The SMILES string of the molecule is O=C(CC1(O)C(=O)Nc2c(Cl)ccc(Cl)c21)c1cc(C2CC2)cs1.O=C(CC1(O)C(=O)Nc2c(Cl)ccc(Cl)c21)c1ccc(C2CC2)cn1.O=C(CC1(O)C(=O)Nc2c(Cl)ccc(Cl)c21)c1ccc(C2CC2)nc1.O=C(CC1(O)C(=O)Nc2c(Cl)ccc(Cl)c21)c1ccc(C2CC2)s1.O=C(CC1(O)C(=O)Nc2c(Cl)ccc(Cl)c21)c1ccc2ccccc2c1. The fourth-order valence-corrected chi connectivity index (χ4v) is 20.2. The lowest BCUT2D eigenvalue weighted by molar-refractivity contribution is -0.133. The number of hydrogen-bond acceptors (Lipinski definition) is 19. The third kappa shape index (κ3) is 17.2. The summed E-state index contributed by atoms with van der Waals surface area (Å²) in [7, 11) is 0. The second-order valence-corrected chi connectivity index (χ2v) is 37.6. The van der Waals surface area contributed by atoms with Crippen molar-refractivity contribution in [2.24, 2.45) is 0 Å². The number of hydrogen-bond donors (Lipinski definition) is 10. The van der Waals surface area contributed by atoms with Gasteiger partial charge in [0.15, 0.2) is 56.9 Å². The number of benzene rings is 7. The largest absolute Gasteiger partial charge is 0.375 e. The average Bonchev–Trinajstić information content (AvgIpc) is 1.60. The fourth-order valence-electron chi connectivity index (χ4n) is 15.5. The van der Waals surface area contributed by atoms with Crippen LogP contribution in [0, 0.1) is 0 Å². The Kier molecular flexibility index (Phi) is 24.6. The molecule has 0 spiro atoms. The lowest BCUT2D eigenvalue weighted by Crippen LogP contribution is -2.36. The van der Waals surface area contributed by atoms with Crippen molar-refractivity contribution in [3.05, 3.63) is 290 Å². The van der Waals surface area contributed by atoms with Gasteiger partial charge >= 0.3 is 0 Å². The lowest BCUT2D eigenvalue weighted by Gasteiger charge is -2.21. The Hall–Kier alpha value is -9.10. The molecule has 4 saturated carbocycles. The summed E-state index contributed by atoms with van der Waals surface area (Å²) in [5.74, 6) is -3.14. The maximum absolute atomic E-state index is 12.8. The molecular formula is C90H67Cl10N7O15S2. The second-order valence-electron chi connectivity index (χ2n) is 31.5. The van der Waals surface area contributed by atoms with Crippen LogP contribution in [0.5, 0.6) is 0 Å². The van der Waals surface area contributed by atoms with E-state index in [1.54, 1.807) is 36.5 Å². The van der Waals surface area contributed by atoms with Crippen molar-refractivity contribution in [3.8, 4) is 0 Å². The Labute approximate surface area is 764 Å². The van der Waals surface area contributed by atoms with E-state index in [9.17, 15) is 73.5 Å².